The van der Waals surface area contributed by atoms with Crippen molar-refractivity contribution in [3.8, 4) is 0 Å². The van der Waals surface area contributed by atoms with Crippen LogP contribution in [0.5, 0.6) is 0 Å². The van der Waals surface area contributed by atoms with Gasteiger partial charge in [-0.1, -0.05) is 60.0 Å². The summed E-state index contributed by atoms with van der Waals surface area (Å²) in [6.07, 6.45) is 5.53. The summed E-state index contributed by atoms with van der Waals surface area (Å²) < 4.78 is 0. The lowest BCUT2D eigenvalue weighted by atomic mass is 9.74. The molecule has 4 atom stereocenters. The number of allylic oxidation sites excluding steroid dienone is 1. The molecule has 2 rings (SSSR count). The second-order valence-corrected chi connectivity index (χ2v) is 13.9. The molecule has 2 fully saturated rings. The highest BCUT2D eigenvalue weighted by Gasteiger charge is 2.50. The van der Waals surface area contributed by atoms with Gasteiger partial charge in [-0.25, -0.2) is 4.79 Å². The molecule has 10 heteroatoms. The Morgan fingerprint density at radius 2 is 1.56 bits per heavy atom. The lowest BCUT2D eigenvalue weighted by Crippen LogP contribution is -2.62. The lowest BCUT2D eigenvalue weighted by molar-refractivity contribution is -0.145. The Balaban J connectivity index is 2.41. The van der Waals surface area contributed by atoms with Crippen LogP contribution in [0, 0.1) is 22.7 Å². The third kappa shape index (κ3) is 8.29. The van der Waals surface area contributed by atoms with E-state index in [-0.39, 0.29) is 17.7 Å². The van der Waals surface area contributed by atoms with Gasteiger partial charge in [-0.15, -0.1) is 6.58 Å². The summed E-state index contributed by atoms with van der Waals surface area (Å²) in [5.74, 6) is -2.88. The van der Waals surface area contributed by atoms with E-state index in [2.05, 4.69) is 22.5 Å². The van der Waals surface area contributed by atoms with E-state index in [0.29, 0.717) is 19.4 Å². The van der Waals surface area contributed by atoms with Crippen molar-refractivity contribution in [1.82, 2.24) is 20.9 Å². The van der Waals surface area contributed by atoms with E-state index in [1.54, 1.807) is 6.08 Å². The van der Waals surface area contributed by atoms with E-state index in [1.807, 2.05) is 55.4 Å². The van der Waals surface area contributed by atoms with Crippen molar-refractivity contribution in [1.29, 1.82) is 0 Å². The number of Topliss-reactive ketones (excluding diaryl/α,β-unsaturated/α-hetero) is 1. The maximum Gasteiger partial charge on any atom is 0.315 e. The first-order chi connectivity index (χ1) is 17.8. The van der Waals surface area contributed by atoms with Gasteiger partial charge < -0.3 is 26.6 Å². The van der Waals surface area contributed by atoms with Gasteiger partial charge in [-0.3, -0.25) is 19.2 Å². The minimum absolute atomic E-state index is 0.233. The Bertz CT molecular complexity index is 974. The molecule has 1 aliphatic carbocycles. The van der Waals surface area contributed by atoms with Crippen LogP contribution in [-0.2, 0) is 19.2 Å². The van der Waals surface area contributed by atoms with E-state index in [0.717, 1.165) is 19.3 Å². The van der Waals surface area contributed by atoms with Crippen molar-refractivity contribution in [3.63, 3.8) is 0 Å². The van der Waals surface area contributed by atoms with E-state index in [4.69, 9.17) is 5.73 Å². The zero-order valence-corrected chi connectivity index (χ0v) is 25.0. The second kappa shape index (κ2) is 12.1. The molecule has 2 aliphatic rings. The zero-order valence-electron chi connectivity index (χ0n) is 25.0. The average Bonchev–Trinajstić information content (AvgIpc) is 3.22. The number of hydrogen-bond donors (Lipinski definition) is 4. The molecule has 0 radical (unpaired) electrons. The molecule has 1 saturated carbocycles. The fourth-order valence-electron chi connectivity index (χ4n) is 5.34. The van der Waals surface area contributed by atoms with Gasteiger partial charge >= 0.3 is 6.03 Å². The molecule has 0 aromatic heterocycles. The van der Waals surface area contributed by atoms with Crippen LogP contribution < -0.4 is 21.7 Å². The van der Waals surface area contributed by atoms with Gasteiger partial charge in [0.15, 0.2) is 0 Å². The van der Waals surface area contributed by atoms with Gasteiger partial charge in [0.25, 0.3) is 5.91 Å². The monoisotopic (exact) mass is 547 g/mol. The first-order valence-electron chi connectivity index (χ1n) is 13.9. The normalized spacial score (nSPS) is 21.8. The second-order valence-electron chi connectivity index (χ2n) is 13.9. The summed E-state index contributed by atoms with van der Waals surface area (Å²) in [4.78, 5) is 66.7. The minimum atomic E-state index is -1.09. The molecule has 5 N–H and O–H groups in total. The molecule has 0 aromatic carbocycles. The molecule has 1 heterocycles. The topological polar surface area (TPSA) is 151 Å². The summed E-state index contributed by atoms with van der Waals surface area (Å²) in [5.41, 5.74) is 3.63. The summed E-state index contributed by atoms with van der Waals surface area (Å²) in [6.45, 7) is 19.2. The Morgan fingerprint density at radius 1 is 0.974 bits per heavy atom. The van der Waals surface area contributed by atoms with Gasteiger partial charge in [0.2, 0.25) is 17.6 Å². The number of likely N-dealkylation sites (tertiary alicyclic amines) is 1. The number of rotatable bonds is 10. The number of primary amides is 1. The van der Waals surface area contributed by atoms with Gasteiger partial charge in [-0.05, 0) is 56.3 Å². The minimum Gasteiger partial charge on any atom is -0.363 e. The van der Waals surface area contributed by atoms with Crippen molar-refractivity contribution >= 4 is 29.5 Å². The SMILES string of the molecule is C=CC(C)(C)C1CCN(C(=O)[C@@H](NC(=O)NC(C)(C)C)C(C)(C)C)[C@@H]1C(=O)NC(CC1CCC1)C(=O)C(N)=O. The number of carbonyl (C=O) groups excluding carboxylic acids is 5. The summed E-state index contributed by atoms with van der Waals surface area (Å²) >= 11 is 0. The van der Waals surface area contributed by atoms with Crippen molar-refractivity contribution in [2.75, 3.05) is 6.54 Å². The summed E-state index contributed by atoms with van der Waals surface area (Å²) in [5, 5.41) is 8.43. The molecule has 5 amide bonds. The Morgan fingerprint density at radius 3 is 2.00 bits per heavy atom. The quantitative estimate of drug-likeness (QED) is 0.245. The van der Waals surface area contributed by atoms with Crippen LogP contribution in [0.1, 0.15) is 87.5 Å². The molecular weight excluding hydrogens is 498 g/mol. The van der Waals surface area contributed by atoms with E-state index in [9.17, 15) is 24.0 Å². The molecule has 0 aromatic rings. The molecule has 1 aliphatic heterocycles. The van der Waals surface area contributed by atoms with Crippen LogP contribution in [0.3, 0.4) is 0 Å². The van der Waals surface area contributed by atoms with Crippen molar-refractivity contribution in [3.05, 3.63) is 12.7 Å². The third-order valence-electron chi connectivity index (χ3n) is 7.98. The number of nitrogens with one attached hydrogen (secondary N) is 3. The Kier molecular flexibility index (Phi) is 10.0. The van der Waals surface area contributed by atoms with Crippen molar-refractivity contribution in [2.45, 2.75) is 111 Å². The molecule has 2 unspecified atom stereocenters. The molecule has 1 saturated heterocycles. The highest BCUT2D eigenvalue weighted by atomic mass is 16.2. The molecule has 220 valence electrons. The lowest BCUT2D eigenvalue weighted by Gasteiger charge is -2.39. The standard InChI is InChI=1S/C29H49N5O5/c1-10-29(8,9)18-14-15-34(25(38)22(27(2,3)4)32-26(39)33-28(5,6)7)20(18)24(37)31-19(21(35)23(30)36)16-17-12-11-13-17/h10,17-20,22H,1,11-16H2,2-9H3,(H2,30,36)(H,31,37)(H2,32,33,39)/t18?,19?,20-,22+/m0/s1. The first kappa shape index (κ1) is 32.3. The molecule has 10 nitrogen and oxygen atoms in total. The Labute approximate surface area is 233 Å². The maximum atomic E-state index is 14.1. The van der Waals surface area contributed by atoms with E-state index in [1.165, 1.54) is 4.90 Å². The van der Waals surface area contributed by atoms with Gasteiger partial charge in [0, 0.05) is 12.1 Å². The predicted molar refractivity (Wildman–Crippen MR) is 150 cm³/mol. The zero-order chi connectivity index (χ0) is 29.9. The fraction of sp³-hybridized carbons (Fsp3) is 0.759. The number of urea groups is 1. The summed E-state index contributed by atoms with van der Waals surface area (Å²) in [6, 6.07) is -3.36. The molecule has 39 heavy (non-hydrogen) atoms. The number of carbonyl (C=O) groups is 5. The number of ketones is 1. The highest BCUT2D eigenvalue weighted by molar-refractivity contribution is 6.37. The largest absolute Gasteiger partial charge is 0.363 e. The fourth-order valence-corrected chi connectivity index (χ4v) is 5.34. The van der Waals surface area contributed by atoms with Crippen molar-refractivity contribution < 1.29 is 24.0 Å². The third-order valence-corrected chi connectivity index (χ3v) is 7.98. The van der Waals surface area contributed by atoms with Gasteiger partial charge in [0.1, 0.15) is 12.1 Å². The first-order valence-corrected chi connectivity index (χ1v) is 13.9. The van der Waals surface area contributed by atoms with Crippen LogP contribution in [0.4, 0.5) is 4.79 Å². The van der Waals surface area contributed by atoms with E-state index < -0.39 is 58.1 Å². The van der Waals surface area contributed by atoms with Gasteiger partial charge in [0.05, 0.1) is 6.04 Å². The highest BCUT2D eigenvalue weighted by Crippen LogP contribution is 2.41. The van der Waals surface area contributed by atoms with Crippen LogP contribution in [0.25, 0.3) is 0 Å². The predicted octanol–water partition coefficient (Wildman–Crippen LogP) is 2.66. The average molecular weight is 548 g/mol. The van der Waals surface area contributed by atoms with E-state index >= 15 is 0 Å². The summed E-state index contributed by atoms with van der Waals surface area (Å²) in [7, 11) is 0. The van der Waals surface area contributed by atoms with Crippen LogP contribution in [-0.4, -0.2) is 64.6 Å². The molecule has 0 bridgehead atoms. The van der Waals surface area contributed by atoms with Crippen LogP contribution in [0.15, 0.2) is 12.7 Å². The van der Waals surface area contributed by atoms with Crippen molar-refractivity contribution in [2.24, 2.45) is 28.4 Å². The number of hydrogen-bond acceptors (Lipinski definition) is 5. The maximum absolute atomic E-state index is 14.1. The molecular formula is C29H49N5O5. The smallest absolute Gasteiger partial charge is 0.315 e. The number of nitrogens with zero attached hydrogens (tertiary/aromatic N) is 1. The van der Waals surface area contributed by atoms with Gasteiger partial charge in [-0.2, -0.15) is 0 Å². The number of amides is 5. The van der Waals surface area contributed by atoms with Crippen LogP contribution in [0.2, 0.25) is 0 Å². The number of nitrogens with two attached hydrogens (primary N) is 1. The Hall–Kier alpha value is -2.91. The molecule has 0 spiro atoms. The van der Waals surface area contributed by atoms with Crippen LogP contribution >= 0.6 is 0 Å².